The molecule has 0 unspecified atom stereocenters. The second-order valence-corrected chi connectivity index (χ2v) is 3.08. The van der Waals surface area contributed by atoms with Crippen LogP contribution in [0.2, 0.25) is 0 Å². The van der Waals surface area contributed by atoms with Gasteiger partial charge in [0.2, 0.25) is 0 Å². The molecule has 13 heavy (non-hydrogen) atoms. The van der Waals surface area contributed by atoms with E-state index in [-0.39, 0.29) is 19.3 Å². The minimum atomic E-state index is -0.335. The SMILES string of the molecule is CC1=CCN(C(=O)OCCO)CC1. The highest BCUT2D eigenvalue weighted by Gasteiger charge is 2.16. The Kier molecular flexibility index (Phi) is 3.76. The fraction of sp³-hybridized carbons (Fsp3) is 0.667. The zero-order valence-electron chi connectivity index (χ0n) is 7.82. The van der Waals surface area contributed by atoms with Crippen molar-refractivity contribution in [2.75, 3.05) is 26.3 Å². The molecule has 0 fully saturated rings. The Balaban J connectivity index is 2.32. The third-order valence-corrected chi connectivity index (χ3v) is 2.01. The van der Waals surface area contributed by atoms with Gasteiger partial charge in [-0.05, 0) is 13.3 Å². The van der Waals surface area contributed by atoms with Crippen molar-refractivity contribution in [2.24, 2.45) is 0 Å². The number of rotatable bonds is 2. The standard InChI is InChI=1S/C9H15NO3/c1-8-2-4-10(5-3-8)9(12)13-7-6-11/h2,11H,3-7H2,1H3. The minimum absolute atomic E-state index is 0.0814. The van der Waals surface area contributed by atoms with Gasteiger partial charge in [0, 0.05) is 13.1 Å². The van der Waals surface area contributed by atoms with Gasteiger partial charge in [0.15, 0.2) is 0 Å². The lowest BCUT2D eigenvalue weighted by Crippen LogP contribution is -2.35. The van der Waals surface area contributed by atoms with Crippen LogP contribution in [0.5, 0.6) is 0 Å². The third kappa shape index (κ3) is 3.06. The van der Waals surface area contributed by atoms with Gasteiger partial charge in [0.25, 0.3) is 0 Å². The van der Waals surface area contributed by atoms with Crippen molar-refractivity contribution in [1.29, 1.82) is 0 Å². The van der Waals surface area contributed by atoms with E-state index in [0.717, 1.165) is 6.42 Å². The molecule has 1 rings (SSSR count). The first kappa shape index (κ1) is 10.1. The average Bonchev–Trinajstić information content (AvgIpc) is 2.15. The monoisotopic (exact) mass is 185 g/mol. The summed E-state index contributed by atoms with van der Waals surface area (Å²) in [6, 6.07) is 0. The van der Waals surface area contributed by atoms with Crippen LogP contribution in [0.3, 0.4) is 0 Å². The summed E-state index contributed by atoms with van der Waals surface area (Å²) in [5.41, 5.74) is 1.31. The van der Waals surface area contributed by atoms with Gasteiger partial charge >= 0.3 is 6.09 Å². The second-order valence-electron chi connectivity index (χ2n) is 3.08. The summed E-state index contributed by atoms with van der Waals surface area (Å²) in [7, 11) is 0. The first-order valence-electron chi connectivity index (χ1n) is 4.42. The van der Waals surface area contributed by atoms with E-state index >= 15 is 0 Å². The number of amides is 1. The minimum Gasteiger partial charge on any atom is -0.447 e. The van der Waals surface area contributed by atoms with Crippen molar-refractivity contribution in [2.45, 2.75) is 13.3 Å². The Morgan fingerprint density at radius 2 is 2.54 bits per heavy atom. The zero-order chi connectivity index (χ0) is 9.68. The number of hydrogen-bond acceptors (Lipinski definition) is 3. The maximum atomic E-state index is 11.2. The quantitative estimate of drug-likeness (QED) is 0.646. The number of aliphatic hydroxyl groups excluding tert-OH is 1. The number of nitrogens with zero attached hydrogens (tertiary/aromatic N) is 1. The highest BCUT2D eigenvalue weighted by Crippen LogP contribution is 2.10. The van der Waals surface area contributed by atoms with Gasteiger partial charge in [-0.25, -0.2) is 4.79 Å². The zero-order valence-corrected chi connectivity index (χ0v) is 7.82. The Bertz CT molecular complexity index is 213. The molecule has 0 aliphatic carbocycles. The van der Waals surface area contributed by atoms with Crippen LogP contribution in [0.1, 0.15) is 13.3 Å². The van der Waals surface area contributed by atoms with Crippen molar-refractivity contribution in [1.82, 2.24) is 4.90 Å². The summed E-state index contributed by atoms with van der Waals surface area (Å²) >= 11 is 0. The number of carbonyl (C=O) groups excluding carboxylic acids is 1. The van der Waals surface area contributed by atoms with Crippen LogP contribution in [0, 0.1) is 0 Å². The normalized spacial score (nSPS) is 16.8. The Morgan fingerprint density at radius 1 is 1.77 bits per heavy atom. The van der Waals surface area contributed by atoms with E-state index in [0.29, 0.717) is 13.1 Å². The van der Waals surface area contributed by atoms with Crippen molar-refractivity contribution < 1.29 is 14.6 Å². The van der Waals surface area contributed by atoms with E-state index in [9.17, 15) is 4.79 Å². The molecule has 0 saturated carbocycles. The van der Waals surface area contributed by atoms with E-state index in [2.05, 4.69) is 6.92 Å². The molecule has 0 atom stereocenters. The lowest BCUT2D eigenvalue weighted by Gasteiger charge is -2.24. The van der Waals surface area contributed by atoms with E-state index in [4.69, 9.17) is 9.84 Å². The maximum Gasteiger partial charge on any atom is 0.410 e. The largest absolute Gasteiger partial charge is 0.447 e. The van der Waals surface area contributed by atoms with Gasteiger partial charge in [0.05, 0.1) is 6.61 Å². The molecule has 1 N–H and O–H groups in total. The van der Waals surface area contributed by atoms with Crippen molar-refractivity contribution in [3.63, 3.8) is 0 Å². The highest BCUT2D eigenvalue weighted by molar-refractivity contribution is 5.68. The second kappa shape index (κ2) is 4.87. The predicted octanol–water partition coefficient (Wildman–Crippen LogP) is 0.767. The highest BCUT2D eigenvalue weighted by atomic mass is 16.6. The van der Waals surface area contributed by atoms with E-state index in [1.54, 1.807) is 4.90 Å². The van der Waals surface area contributed by atoms with Crippen LogP contribution in [0.4, 0.5) is 4.79 Å². The average molecular weight is 185 g/mol. The van der Waals surface area contributed by atoms with Crippen LogP contribution in [-0.2, 0) is 4.74 Å². The van der Waals surface area contributed by atoms with E-state index in [1.165, 1.54) is 5.57 Å². The van der Waals surface area contributed by atoms with Crippen molar-refractivity contribution >= 4 is 6.09 Å². The Morgan fingerprint density at radius 3 is 3.08 bits per heavy atom. The van der Waals surface area contributed by atoms with Crippen LogP contribution in [0.25, 0.3) is 0 Å². The lowest BCUT2D eigenvalue weighted by molar-refractivity contribution is 0.0864. The Labute approximate surface area is 77.8 Å². The topological polar surface area (TPSA) is 49.8 Å². The number of aliphatic hydroxyl groups is 1. The summed E-state index contributed by atoms with van der Waals surface area (Å²) < 4.78 is 4.77. The van der Waals surface area contributed by atoms with E-state index < -0.39 is 0 Å². The maximum absolute atomic E-state index is 11.2. The summed E-state index contributed by atoms with van der Waals surface area (Å²) in [6.45, 7) is 3.35. The molecule has 0 spiro atoms. The molecule has 1 amide bonds. The molecule has 74 valence electrons. The summed E-state index contributed by atoms with van der Waals surface area (Å²) in [5, 5.41) is 8.45. The van der Waals surface area contributed by atoms with Gasteiger partial charge < -0.3 is 14.7 Å². The molecular formula is C9H15NO3. The summed E-state index contributed by atoms with van der Waals surface area (Å²) in [6.07, 6.45) is 2.59. The molecule has 0 radical (unpaired) electrons. The molecule has 1 aliphatic heterocycles. The van der Waals surface area contributed by atoms with Gasteiger partial charge in [-0.3, -0.25) is 0 Å². The molecule has 0 aromatic carbocycles. The van der Waals surface area contributed by atoms with Crippen LogP contribution in [-0.4, -0.2) is 42.4 Å². The smallest absolute Gasteiger partial charge is 0.410 e. The first-order valence-corrected chi connectivity index (χ1v) is 4.42. The molecule has 1 aliphatic rings. The summed E-state index contributed by atoms with van der Waals surface area (Å²) in [4.78, 5) is 12.9. The van der Waals surface area contributed by atoms with Gasteiger partial charge in [-0.1, -0.05) is 11.6 Å². The summed E-state index contributed by atoms with van der Waals surface area (Å²) in [5.74, 6) is 0. The van der Waals surface area contributed by atoms with Gasteiger partial charge in [-0.15, -0.1) is 0 Å². The lowest BCUT2D eigenvalue weighted by atomic mass is 10.1. The third-order valence-electron chi connectivity index (χ3n) is 2.01. The molecule has 1 heterocycles. The molecule has 0 aromatic heterocycles. The van der Waals surface area contributed by atoms with Crippen LogP contribution in [0.15, 0.2) is 11.6 Å². The predicted molar refractivity (Wildman–Crippen MR) is 48.4 cm³/mol. The first-order chi connectivity index (χ1) is 6.24. The molecule has 0 bridgehead atoms. The van der Waals surface area contributed by atoms with E-state index in [1.807, 2.05) is 6.08 Å². The number of ether oxygens (including phenoxy) is 1. The molecule has 4 heteroatoms. The molecular weight excluding hydrogens is 170 g/mol. The van der Waals surface area contributed by atoms with Crippen molar-refractivity contribution in [3.05, 3.63) is 11.6 Å². The van der Waals surface area contributed by atoms with Crippen LogP contribution < -0.4 is 0 Å². The Hall–Kier alpha value is -1.03. The fourth-order valence-corrected chi connectivity index (χ4v) is 1.16. The molecule has 0 saturated heterocycles. The van der Waals surface area contributed by atoms with Gasteiger partial charge in [0.1, 0.15) is 6.61 Å². The molecule has 0 aromatic rings. The van der Waals surface area contributed by atoms with Crippen LogP contribution >= 0.6 is 0 Å². The molecule has 4 nitrogen and oxygen atoms in total. The number of carbonyl (C=O) groups is 1. The van der Waals surface area contributed by atoms with Gasteiger partial charge in [-0.2, -0.15) is 0 Å². The fourth-order valence-electron chi connectivity index (χ4n) is 1.16. The van der Waals surface area contributed by atoms with Crippen molar-refractivity contribution in [3.8, 4) is 0 Å². The number of hydrogen-bond donors (Lipinski definition) is 1.